The molecule has 0 saturated heterocycles. The number of rotatable bonds is 3. The Labute approximate surface area is 112 Å². The highest BCUT2D eigenvalue weighted by atomic mass is 32.2. The Kier molecular flexibility index (Phi) is 3.55. The first-order valence-electron chi connectivity index (χ1n) is 5.59. The summed E-state index contributed by atoms with van der Waals surface area (Å²) >= 11 is 0. The predicted octanol–water partition coefficient (Wildman–Crippen LogP) is 2.06. The fourth-order valence-corrected chi connectivity index (χ4v) is 2.15. The Morgan fingerprint density at radius 2 is 1.68 bits per heavy atom. The predicted molar refractivity (Wildman–Crippen MR) is 73.8 cm³/mol. The van der Waals surface area contributed by atoms with Gasteiger partial charge in [-0.3, -0.25) is 4.55 Å². The first kappa shape index (κ1) is 13.5. The van der Waals surface area contributed by atoms with Gasteiger partial charge in [-0.25, -0.2) is 4.98 Å². The third-order valence-electron chi connectivity index (χ3n) is 2.72. The van der Waals surface area contributed by atoms with Gasteiger partial charge in [0.15, 0.2) is 5.03 Å². The zero-order valence-electron chi connectivity index (χ0n) is 10.6. The molecule has 0 aliphatic carbocycles. The maximum Gasteiger partial charge on any atom is 0.312 e. The number of benzene rings is 1. The number of pyridine rings is 1. The Balaban J connectivity index is 2.42. The number of aromatic nitrogens is 1. The van der Waals surface area contributed by atoms with Gasteiger partial charge >= 0.3 is 10.1 Å². The molecule has 1 heterocycles. The van der Waals surface area contributed by atoms with Gasteiger partial charge in [-0.05, 0) is 35.4 Å². The van der Waals surface area contributed by atoms with Crippen molar-refractivity contribution in [3.63, 3.8) is 0 Å². The zero-order chi connectivity index (χ0) is 14.0. The molecular weight excluding hydrogens is 264 g/mol. The molecule has 0 bridgehead atoms. The van der Waals surface area contributed by atoms with E-state index in [1.807, 2.05) is 43.3 Å². The van der Waals surface area contributed by atoms with E-state index >= 15 is 0 Å². The van der Waals surface area contributed by atoms with Crippen LogP contribution in [0.15, 0.2) is 47.6 Å². The molecule has 0 unspecified atom stereocenters. The van der Waals surface area contributed by atoms with Crippen LogP contribution in [-0.2, 0) is 10.1 Å². The van der Waals surface area contributed by atoms with Gasteiger partial charge in [0, 0.05) is 26.0 Å². The van der Waals surface area contributed by atoms with Crippen molar-refractivity contribution in [3.05, 3.63) is 42.6 Å². The minimum Gasteiger partial charge on any atom is -0.378 e. The molecule has 0 spiro atoms. The summed E-state index contributed by atoms with van der Waals surface area (Å²) in [6.45, 7) is 0. The second-order valence-electron chi connectivity index (χ2n) is 4.30. The summed E-state index contributed by atoms with van der Waals surface area (Å²) in [5, 5.41) is -0.346. The minimum atomic E-state index is -4.27. The smallest absolute Gasteiger partial charge is 0.312 e. The highest BCUT2D eigenvalue weighted by Gasteiger charge is 2.12. The molecule has 0 saturated carbocycles. The second-order valence-corrected chi connectivity index (χ2v) is 5.67. The van der Waals surface area contributed by atoms with Crippen molar-refractivity contribution in [2.24, 2.45) is 0 Å². The zero-order valence-corrected chi connectivity index (χ0v) is 11.4. The molecule has 0 aliphatic rings. The molecule has 1 aromatic carbocycles. The maximum atomic E-state index is 11.0. The molecule has 0 atom stereocenters. The van der Waals surface area contributed by atoms with Gasteiger partial charge in [0.2, 0.25) is 0 Å². The van der Waals surface area contributed by atoms with E-state index in [-0.39, 0.29) is 5.03 Å². The van der Waals surface area contributed by atoms with Crippen molar-refractivity contribution in [3.8, 4) is 11.1 Å². The maximum absolute atomic E-state index is 11.0. The fraction of sp³-hybridized carbons (Fsp3) is 0.154. The van der Waals surface area contributed by atoms with Crippen molar-refractivity contribution in [1.29, 1.82) is 0 Å². The lowest BCUT2D eigenvalue weighted by Gasteiger charge is -2.12. The third kappa shape index (κ3) is 3.10. The quantitative estimate of drug-likeness (QED) is 0.870. The Bertz CT molecular complexity index is 679. The van der Waals surface area contributed by atoms with Crippen molar-refractivity contribution in [1.82, 2.24) is 4.98 Å². The summed E-state index contributed by atoms with van der Waals surface area (Å²) in [5.41, 5.74) is 2.60. The van der Waals surface area contributed by atoms with Crippen molar-refractivity contribution in [2.75, 3.05) is 19.0 Å². The standard InChI is InChI=1S/C13H14N2O3S/c1-15(2)12-5-3-10(4-6-12)11-7-8-14-13(9-11)19(16,17)18/h3-9H,1-2H3,(H,16,17,18). The molecule has 0 aliphatic heterocycles. The van der Waals surface area contributed by atoms with Gasteiger partial charge < -0.3 is 4.90 Å². The number of hydrogen-bond donors (Lipinski definition) is 1. The lowest BCUT2D eigenvalue weighted by atomic mass is 10.1. The van der Waals surface area contributed by atoms with Crippen LogP contribution in [0.3, 0.4) is 0 Å². The molecule has 1 N–H and O–H groups in total. The van der Waals surface area contributed by atoms with Gasteiger partial charge in [-0.15, -0.1) is 0 Å². The van der Waals surface area contributed by atoms with Gasteiger partial charge in [0.05, 0.1) is 0 Å². The van der Waals surface area contributed by atoms with Gasteiger partial charge in [-0.2, -0.15) is 8.42 Å². The first-order valence-corrected chi connectivity index (χ1v) is 7.03. The monoisotopic (exact) mass is 278 g/mol. The summed E-state index contributed by atoms with van der Waals surface area (Å²) in [5.74, 6) is 0. The molecule has 1 aromatic heterocycles. The van der Waals surface area contributed by atoms with Crippen LogP contribution in [0.1, 0.15) is 0 Å². The summed E-state index contributed by atoms with van der Waals surface area (Å²) in [6, 6.07) is 10.7. The molecule has 100 valence electrons. The van der Waals surface area contributed by atoms with Crippen LogP contribution in [0.5, 0.6) is 0 Å². The average molecular weight is 278 g/mol. The number of hydrogen-bond acceptors (Lipinski definition) is 4. The molecule has 0 amide bonds. The highest BCUT2D eigenvalue weighted by Crippen LogP contribution is 2.23. The second kappa shape index (κ2) is 4.99. The van der Waals surface area contributed by atoms with E-state index in [2.05, 4.69) is 4.98 Å². The lowest BCUT2D eigenvalue weighted by molar-refractivity contribution is 0.479. The summed E-state index contributed by atoms with van der Waals surface area (Å²) in [6.07, 6.45) is 1.36. The van der Waals surface area contributed by atoms with E-state index in [1.54, 1.807) is 6.07 Å². The Morgan fingerprint density at radius 3 is 2.21 bits per heavy atom. The average Bonchev–Trinajstić information content (AvgIpc) is 2.38. The molecular formula is C13H14N2O3S. The summed E-state index contributed by atoms with van der Waals surface area (Å²) < 4.78 is 31.1. The lowest BCUT2D eigenvalue weighted by Crippen LogP contribution is -2.07. The van der Waals surface area contributed by atoms with Crippen LogP contribution >= 0.6 is 0 Å². The minimum absolute atomic E-state index is 0.346. The van der Waals surface area contributed by atoms with Crippen LogP contribution in [-0.4, -0.2) is 32.0 Å². The topological polar surface area (TPSA) is 70.5 Å². The van der Waals surface area contributed by atoms with Crippen LogP contribution in [0.25, 0.3) is 11.1 Å². The Morgan fingerprint density at radius 1 is 1.05 bits per heavy atom. The van der Waals surface area contributed by atoms with Crippen LogP contribution < -0.4 is 4.90 Å². The third-order valence-corrected chi connectivity index (χ3v) is 3.47. The van der Waals surface area contributed by atoms with E-state index in [0.717, 1.165) is 11.3 Å². The van der Waals surface area contributed by atoms with Crippen molar-refractivity contribution < 1.29 is 13.0 Å². The van der Waals surface area contributed by atoms with Crippen molar-refractivity contribution in [2.45, 2.75) is 5.03 Å². The van der Waals surface area contributed by atoms with Crippen LogP contribution in [0.2, 0.25) is 0 Å². The molecule has 2 aromatic rings. The van der Waals surface area contributed by atoms with E-state index in [1.165, 1.54) is 12.3 Å². The normalized spacial score (nSPS) is 11.3. The number of nitrogens with zero attached hydrogens (tertiary/aromatic N) is 2. The molecule has 0 radical (unpaired) electrons. The molecule has 5 nitrogen and oxygen atoms in total. The van der Waals surface area contributed by atoms with Crippen LogP contribution in [0, 0.1) is 0 Å². The highest BCUT2D eigenvalue weighted by molar-refractivity contribution is 7.85. The fourth-order valence-electron chi connectivity index (χ4n) is 1.68. The van der Waals surface area contributed by atoms with E-state index in [4.69, 9.17) is 4.55 Å². The molecule has 0 fully saturated rings. The first-order chi connectivity index (χ1) is 8.88. The largest absolute Gasteiger partial charge is 0.378 e. The number of anilines is 1. The van der Waals surface area contributed by atoms with E-state index in [9.17, 15) is 8.42 Å². The van der Waals surface area contributed by atoms with Gasteiger partial charge in [0.25, 0.3) is 0 Å². The van der Waals surface area contributed by atoms with Crippen LogP contribution in [0.4, 0.5) is 5.69 Å². The molecule has 2 rings (SSSR count). The summed E-state index contributed by atoms with van der Waals surface area (Å²) in [4.78, 5) is 5.61. The van der Waals surface area contributed by atoms with Gasteiger partial charge in [-0.1, -0.05) is 12.1 Å². The SMILES string of the molecule is CN(C)c1ccc(-c2ccnc(S(=O)(=O)O)c2)cc1. The Hall–Kier alpha value is -1.92. The summed E-state index contributed by atoms with van der Waals surface area (Å²) in [7, 11) is -0.390. The van der Waals surface area contributed by atoms with E-state index in [0.29, 0.717) is 5.56 Å². The van der Waals surface area contributed by atoms with E-state index < -0.39 is 10.1 Å². The molecule has 19 heavy (non-hydrogen) atoms. The molecule has 6 heteroatoms. The van der Waals surface area contributed by atoms with Crippen molar-refractivity contribution >= 4 is 15.8 Å². The van der Waals surface area contributed by atoms with Gasteiger partial charge in [0.1, 0.15) is 0 Å².